The summed E-state index contributed by atoms with van der Waals surface area (Å²) in [6.45, 7) is 2.13. The lowest BCUT2D eigenvalue weighted by Gasteiger charge is -2.13. The number of rotatable bonds is 10. The van der Waals surface area contributed by atoms with Crippen LogP contribution < -0.4 is 0 Å². The zero-order valence-corrected chi connectivity index (χ0v) is 9.98. The van der Waals surface area contributed by atoms with Gasteiger partial charge in [-0.15, -0.1) is 0 Å². The Morgan fingerprint density at radius 2 is 1.56 bits per heavy atom. The lowest BCUT2D eigenvalue weighted by Crippen LogP contribution is -2.20. The molecule has 0 aromatic carbocycles. The number of alkyl halides is 2. The Labute approximate surface area is 96.0 Å². The Morgan fingerprint density at radius 3 is 2.06 bits per heavy atom. The van der Waals surface area contributed by atoms with E-state index in [1.54, 1.807) is 0 Å². The van der Waals surface area contributed by atoms with Crippen molar-refractivity contribution in [2.24, 2.45) is 0 Å². The zero-order valence-electron chi connectivity index (χ0n) is 9.98. The molecule has 16 heavy (non-hydrogen) atoms. The first-order chi connectivity index (χ1) is 7.48. The van der Waals surface area contributed by atoms with E-state index < -0.39 is 18.3 Å². The summed E-state index contributed by atoms with van der Waals surface area (Å²) >= 11 is 0. The molecule has 0 aromatic heterocycles. The van der Waals surface area contributed by atoms with Gasteiger partial charge >= 0.3 is 5.97 Å². The molecule has 0 aliphatic carbocycles. The van der Waals surface area contributed by atoms with Gasteiger partial charge in [0, 0.05) is 6.42 Å². The molecule has 0 aliphatic heterocycles. The summed E-state index contributed by atoms with van der Waals surface area (Å²) in [5.41, 5.74) is 0. The van der Waals surface area contributed by atoms with Gasteiger partial charge in [0.05, 0.1) is 0 Å². The van der Waals surface area contributed by atoms with Crippen LogP contribution in [0.1, 0.15) is 64.7 Å². The third kappa shape index (κ3) is 9.87. The monoisotopic (exact) mass is 236 g/mol. The molecular formula is C12H22F2O2. The largest absolute Gasteiger partial charge is 0.481 e. The summed E-state index contributed by atoms with van der Waals surface area (Å²) in [5, 5.41) is 8.27. The molecule has 1 N–H and O–H groups in total. The molecular weight excluding hydrogens is 214 g/mol. The second kappa shape index (κ2) is 8.48. The third-order valence-electron chi connectivity index (χ3n) is 2.56. The molecule has 0 bridgehead atoms. The van der Waals surface area contributed by atoms with Gasteiger partial charge in [-0.05, 0) is 6.42 Å². The quantitative estimate of drug-likeness (QED) is 0.576. The van der Waals surface area contributed by atoms with E-state index in [0.29, 0.717) is 6.42 Å². The fourth-order valence-electron chi connectivity index (χ4n) is 1.65. The minimum absolute atomic E-state index is 0.299. The van der Waals surface area contributed by atoms with Crippen molar-refractivity contribution in [3.05, 3.63) is 0 Å². The van der Waals surface area contributed by atoms with Crippen molar-refractivity contribution in [2.75, 3.05) is 0 Å². The second-order valence-electron chi connectivity index (χ2n) is 4.30. The van der Waals surface area contributed by atoms with E-state index in [2.05, 4.69) is 6.92 Å². The average molecular weight is 236 g/mol. The molecule has 0 atom stereocenters. The Bertz CT molecular complexity index is 193. The maximum absolute atomic E-state index is 12.9. The summed E-state index contributed by atoms with van der Waals surface area (Å²) in [7, 11) is 0. The van der Waals surface area contributed by atoms with Crippen molar-refractivity contribution in [3.63, 3.8) is 0 Å². The summed E-state index contributed by atoms with van der Waals surface area (Å²) in [6.07, 6.45) is 5.48. The smallest absolute Gasteiger partial charge is 0.309 e. The predicted molar refractivity (Wildman–Crippen MR) is 59.8 cm³/mol. The van der Waals surface area contributed by atoms with Gasteiger partial charge in [-0.2, -0.15) is 0 Å². The Kier molecular flexibility index (Phi) is 8.12. The molecule has 0 radical (unpaired) electrons. The number of carboxylic acid groups (broad SMARTS) is 1. The number of halogens is 2. The van der Waals surface area contributed by atoms with E-state index in [1.165, 1.54) is 19.3 Å². The van der Waals surface area contributed by atoms with E-state index in [-0.39, 0.29) is 6.42 Å². The molecule has 0 fully saturated rings. The van der Waals surface area contributed by atoms with Crippen LogP contribution in [-0.2, 0) is 4.79 Å². The second-order valence-corrected chi connectivity index (χ2v) is 4.30. The molecule has 0 saturated carbocycles. The molecule has 96 valence electrons. The normalized spacial score (nSPS) is 11.7. The Morgan fingerprint density at radius 1 is 1.06 bits per heavy atom. The van der Waals surface area contributed by atoms with Crippen molar-refractivity contribution in [3.8, 4) is 0 Å². The van der Waals surface area contributed by atoms with Crippen LogP contribution in [-0.4, -0.2) is 17.0 Å². The highest BCUT2D eigenvalue weighted by Gasteiger charge is 2.31. The van der Waals surface area contributed by atoms with Crippen LogP contribution in [0.2, 0.25) is 0 Å². The molecule has 4 heteroatoms. The highest BCUT2D eigenvalue weighted by Crippen LogP contribution is 2.25. The topological polar surface area (TPSA) is 37.3 Å². The van der Waals surface area contributed by atoms with Gasteiger partial charge in [0.1, 0.15) is 6.42 Å². The van der Waals surface area contributed by atoms with Crippen LogP contribution in [0.25, 0.3) is 0 Å². The average Bonchev–Trinajstić information content (AvgIpc) is 2.14. The van der Waals surface area contributed by atoms with E-state index in [1.807, 2.05) is 0 Å². The van der Waals surface area contributed by atoms with Crippen LogP contribution >= 0.6 is 0 Å². The number of carboxylic acids is 1. The molecule has 0 spiro atoms. The number of aliphatic carboxylic acids is 1. The molecule has 0 heterocycles. The number of carbonyl (C=O) groups is 1. The molecule has 2 nitrogen and oxygen atoms in total. The van der Waals surface area contributed by atoms with Gasteiger partial charge in [0.15, 0.2) is 0 Å². The maximum Gasteiger partial charge on any atom is 0.309 e. The van der Waals surface area contributed by atoms with Gasteiger partial charge in [-0.25, -0.2) is 8.78 Å². The number of hydrogen-bond acceptors (Lipinski definition) is 1. The van der Waals surface area contributed by atoms with Crippen LogP contribution in [0.5, 0.6) is 0 Å². The molecule has 0 aliphatic rings. The first kappa shape index (κ1) is 15.3. The van der Waals surface area contributed by atoms with Crippen LogP contribution in [0.3, 0.4) is 0 Å². The van der Waals surface area contributed by atoms with Crippen molar-refractivity contribution in [1.29, 1.82) is 0 Å². The predicted octanol–water partition coefficient (Wildman–Crippen LogP) is 4.24. The van der Waals surface area contributed by atoms with Crippen LogP contribution in [0.4, 0.5) is 8.78 Å². The molecule has 0 amide bonds. The van der Waals surface area contributed by atoms with Gasteiger partial charge in [0.2, 0.25) is 0 Å². The molecule has 0 saturated heterocycles. The summed E-state index contributed by atoms with van der Waals surface area (Å²) in [4.78, 5) is 10.1. The number of unbranched alkanes of at least 4 members (excludes halogenated alkanes) is 6. The van der Waals surface area contributed by atoms with Gasteiger partial charge in [-0.3, -0.25) is 4.79 Å². The summed E-state index contributed by atoms with van der Waals surface area (Å²) in [6, 6.07) is 0. The summed E-state index contributed by atoms with van der Waals surface area (Å²) < 4.78 is 25.8. The molecule has 0 rings (SSSR count). The molecule has 0 unspecified atom stereocenters. The van der Waals surface area contributed by atoms with Gasteiger partial charge in [-0.1, -0.05) is 45.4 Å². The maximum atomic E-state index is 12.9. The third-order valence-corrected chi connectivity index (χ3v) is 2.56. The van der Waals surface area contributed by atoms with E-state index in [4.69, 9.17) is 5.11 Å². The van der Waals surface area contributed by atoms with Crippen molar-refractivity contribution in [1.82, 2.24) is 0 Å². The van der Waals surface area contributed by atoms with Crippen molar-refractivity contribution >= 4 is 5.97 Å². The zero-order chi connectivity index (χ0) is 12.4. The Hall–Kier alpha value is -0.670. The fourth-order valence-corrected chi connectivity index (χ4v) is 1.65. The SMILES string of the molecule is CCCCCCCCCC(F)(F)CC(=O)O. The summed E-state index contributed by atoms with van der Waals surface area (Å²) in [5.74, 6) is -4.46. The first-order valence-corrected chi connectivity index (χ1v) is 6.07. The highest BCUT2D eigenvalue weighted by molar-refractivity contribution is 5.67. The minimum atomic E-state index is -3.03. The molecule has 0 aromatic rings. The number of hydrogen-bond donors (Lipinski definition) is 1. The van der Waals surface area contributed by atoms with Crippen molar-refractivity contribution in [2.45, 2.75) is 70.6 Å². The van der Waals surface area contributed by atoms with E-state index in [0.717, 1.165) is 19.3 Å². The van der Waals surface area contributed by atoms with Crippen LogP contribution in [0, 0.1) is 0 Å². The lowest BCUT2D eigenvalue weighted by molar-refractivity contribution is -0.145. The standard InChI is InChI=1S/C12H22F2O2/c1-2-3-4-5-6-7-8-9-12(13,14)10-11(15)16/h2-10H2,1H3,(H,15,16). The first-order valence-electron chi connectivity index (χ1n) is 6.07. The highest BCUT2D eigenvalue weighted by atomic mass is 19.3. The van der Waals surface area contributed by atoms with E-state index >= 15 is 0 Å². The Balaban J connectivity index is 3.39. The minimum Gasteiger partial charge on any atom is -0.481 e. The van der Waals surface area contributed by atoms with Crippen LogP contribution in [0.15, 0.2) is 0 Å². The van der Waals surface area contributed by atoms with Crippen molar-refractivity contribution < 1.29 is 18.7 Å². The lowest BCUT2D eigenvalue weighted by atomic mass is 10.0. The van der Waals surface area contributed by atoms with Gasteiger partial charge < -0.3 is 5.11 Å². The van der Waals surface area contributed by atoms with E-state index in [9.17, 15) is 13.6 Å². The van der Waals surface area contributed by atoms with Gasteiger partial charge in [0.25, 0.3) is 5.92 Å². The fraction of sp³-hybridized carbons (Fsp3) is 0.917.